The number of allylic oxidation sites excluding steroid dienone is 1. The molecule has 15 heavy (non-hydrogen) atoms. The molecule has 0 radical (unpaired) electrons. The molecule has 2 unspecified atom stereocenters. The molecule has 2 atom stereocenters. The van der Waals surface area contributed by atoms with Crippen LogP contribution >= 0.6 is 0 Å². The van der Waals surface area contributed by atoms with Crippen molar-refractivity contribution in [1.82, 2.24) is 0 Å². The topological polar surface area (TPSA) is 46.5 Å². The molecule has 0 saturated heterocycles. The van der Waals surface area contributed by atoms with E-state index in [0.29, 0.717) is 11.9 Å². The summed E-state index contributed by atoms with van der Waals surface area (Å²) < 4.78 is 5.51. The van der Waals surface area contributed by atoms with Crippen LogP contribution in [0.5, 0.6) is 0 Å². The van der Waals surface area contributed by atoms with Gasteiger partial charge in [-0.15, -0.1) is 0 Å². The first-order valence-electron chi connectivity index (χ1n) is 4.96. The maximum absolute atomic E-state index is 10.9. The minimum Gasteiger partial charge on any atom is -0.507 e. The summed E-state index contributed by atoms with van der Waals surface area (Å²) in [7, 11) is 0. The molecule has 0 aromatic rings. The second-order valence-electron chi connectivity index (χ2n) is 4.14. The fourth-order valence-corrected chi connectivity index (χ4v) is 2.34. The van der Waals surface area contributed by atoms with Gasteiger partial charge >= 0.3 is 0 Å². The largest absolute Gasteiger partial charge is 0.507 e. The molecule has 80 valence electrons. The van der Waals surface area contributed by atoms with E-state index >= 15 is 0 Å². The lowest BCUT2D eigenvalue weighted by Gasteiger charge is -2.28. The van der Waals surface area contributed by atoms with E-state index in [4.69, 9.17) is 4.74 Å². The fraction of sp³-hybridized carbons (Fsp3) is 0.417. The molecule has 0 amide bonds. The average molecular weight is 206 g/mol. The van der Waals surface area contributed by atoms with Crippen molar-refractivity contribution < 1.29 is 14.6 Å². The Kier molecular flexibility index (Phi) is 2.18. The highest BCUT2D eigenvalue weighted by Crippen LogP contribution is 2.41. The van der Waals surface area contributed by atoms with E-state index in [9.17, 15) is 9.90 Å². The summed E-state index contributed by atoms with van der Waals surface area (Å²) in [4.78, 5) is 10.9. The van der Waals surface area contributed by atoms with Gasteiger partial charge in [0.05, 0.1) is 11.8 Å². The van der Waals surface area contributed by atoms with E-state index in [2.05, 4.69) is 0 Å². The van der Waals surface area contributed by atoms with Gasteiger partial charge in [-0.2, -0.15) is 0 Å². The summed E-state index contributed by atoms with van der Waals surface area (Å²) in [5.41, 5.74) is 3.09. The van der Waals surface area contributed by atoms with Crippen molar-refractivity contribution in [2.24, 2.45) is 5.92 Å². The molecule has 0 spiro atoms. The van der Waals surface area contributed by atoms with Crippen molar-refractivity contribution in [3.63, 3.8) is 0 Å². The maximum Gasteiger partial charge on any atom is 0.153 e. The van der Waals surface area contributed by atoms with Gasteiger partial charge in [0.25, 0.3) is 0 Å². The van der Waals surface area contributed by atoms with Crippen molar-refractivity contribution in [2.45, 2.75) is 26.9 Å². The number of hydrogen-bond acceptors (Lipinski definition) is 3. The number of rotatable bonds is 1. The van der Waals surface area contributed by atoms with E-state index in [1.54, 1.807) is 6.26 Å². The van der Waals surface area contributed by atoms with E-state index in [0.717, 1.165) is 16.7 Å². The molecule has 0 bridgehead atoms. The molecule has 0 saturated carbocycles. The summed E-state index contributed by atoms with van der Waals surface area (Å²) in [6.45, 7) is 5.64. The van der Waals surface area contributed by atoms with Gasteiger partial charge in [-0.25, -0.2) is 0 Å². The number of aliphatic hydroxyl groups is 1. The first-order valence-corrected chi connectivity index (χ1v) is 4.96. The molecule has 2 rings (SSSR count). The van der Waals surface area contributed by atoms with Gasteiger partial charge in [0.15, 0.2) is 6.29 Å². The van der Waals surface area contributed by atoms with Crippen molar-refractivity contribution in [3.8, 4) is 0 Å². The van der Waals surface area contributed by atoms with Crippen LogP contribution in [0.2, 0.25) is 0 Å². The number of aldehydes is 1. The maximum atomic E-state index is 10.9. The molecule has 2 aliphatic rings. The molecule has 0 aromatic carbocycles. The molecule has 3 heteroatoms. The quantitative estimate of drug-likeness (QED) is 0.669. The lowest BCUT2D eigenvalue weighted by atomic mass is 9.79. The lowest BCUT2D eigenvalue weighted by molar-refractivity contribution is -0.105. The third-order valence-corrected chi connectivity index (χ3v) is 3.26. The third-order valence-electron chi connectivity index (χ3n) is 3.26. The molecule has 1 heterocycles. The Bertz CT molecular complexity index is 413. The Hall–Kier alpha value is -1.51. The van der Waals surface area contributed by atoms with Gasteiger partial charge in [-0.05, 0) is 37.5 Å². The van der Waals surface area contributed by atoms with E-state index in [1.165, 1.54) is 0 Å². The minimum absolute atomic E-state index is 0.0914. The number of ether oxygens (including phenoxy) is 1. The van der Waals surface area contributed by atoms with Crippen LogP contribution in [-0.2, 0) is 9.53 Å². The summed E-state index contributed by atoms with van der Waals surface area (Å²) in [5.74, 6) is 0.204. The van der Waals surface area contributed by atoms with Crippen LogP contribution in [0.1, 0.15) is 20.8 Å². The predicted molar refractivity (Wildman–Crippen MR) is 56.2 cm³/mol. The Balaban J connectivity index is 2.55. The summed E-state index contributed by atoms with van der Waals surface area (Å²) >= 11 is 0. The zero-order valence-corrected chi connectivity index (χ0v) is 9.07. The van der Waals surface area contributed by atoms with Gasteiger partial charge in [0, 0.05) is 5.92 Å². The zero-order chi connectivity index (χ0) is 11.2. The number of carbonyl (C=O) groups is 1. The Morgan fingerprint density at radius 3 is 2.60 bits per heavy atom. The van der Waals surface area contributed by atoms with Gasteiger partial charge in [-0.3, -0.25) is 4.79 Å². The van der Waals surface area contributed by atoms with Crippen molar-refractivity contribution in [1.29, 1.82) is 0 Å². The smallest absolute Gasteiger partial charge is 0.153 e. The number of hydrogen-bond donors (Lipinski definition) is 1. The molecular formula is C12H14O3. The highest BCUT2D eigenvalue weighted by atomic mass is 16.5. The lowest BCUT2D eigenvalue weighted by Crippen LogP contribution is -2.27. The van der Waals surface area contributed by atoms with Crippen LogP contribution in [0.15, 0.2) is 34.3 Å². The number of carbonyl (C=O) groups excluding carboxylic acids is 1. The van der Waals surface area contributed by atoms with Crippen LogP contribution in [0, 0.1) is 5.92 Å². The molecule has 0 aromatic heterocycles. The molecule has 1 N–H and O–H groups in total. The van der Waals surface area contributed by atoms with Gasteiger partial charge in [0.1, 0.15) is 11.9 Å². The number of fused-ring (bicyclic) bond motifs is 1. The van der Waals surface area contributed by atoms with Crippen LogP contribution in [0.3, 0.4) is 0 Å². The Morgan fingerprint density at radius 1 is 1.33 bits per heavy atom. The standard InChI is InChI=1S/C12H14O3/c1-6-5-15-12-7(2)9(4-13)11(14)8(3)10(6)12/h4-5,10,12,14H,1-3H3. The second kappa shape index (κ2) is 3.26. The van der Waals surface area contributed by atoms with Gasteiger partial charge in [-0.1, -0.05) is 0 Å². The molecular weight excluding hydrogens is 192 g/mol. The van der Waals surface area contributed by atoms with Crippen molar-refractivity contribution >= 4 is 6.29 Å². The van der Waals surface area contributed by atoms with Crippen LogP contribution in [-0.4, -0.2) is 17.5 Å². The van der Waals surface area contributed by atoms with Crippen LogP contribution in [0.4, 0.5) is 0 Å². The van der Waals surface area contributed by atoms with E-state index in [-0.39, 0.29) is 17.8 Å². The molecule has 3 nitrogen and oxygen atoms in total. The van der Waals surface area contributed by atoms with Crippen LogP contribution in [0.25, 0.3) is 0 Å². The van der Waals surface area contributed by atoms with Gasteiger partial charge < -0.3 is 9.84 Å². The fourth-order valence-electron chi connectivity index (χ4n) is 2.34. The Morgan fingerprint density at radius 2 is 2.00 bits per heavy atom. The van der Waals surface area contributed by atoms with E-state index < -0.39 is 0 Å². The van der Waals surface area contributed by atoms with Crippen LogP contribution < -0.4 is 0 Å². The highest BCUT2D eigenvalue weighted by Gasteiger charge is 2.38. The van der Waals surface area contributed by atoms with Crippen molar-refractivity contribution in [3.05, 3.63) is 34.3 Å². The predicted octanol–water partition coefficient (Wildman–Crippen LogP) is 2.27. The first kappa shape index (κ1) is 10.0. The highest BCUT2D eigenvalue weighted by molar-refractivity contribution is 5.82. The summed E-state index contributed by atoms with van der Waals surface area (Å²) in [6.07, 6.45) is 2.30. The zero-order valence-electron chi connectivity index (χ0n) is 9.07. The first-order chi connectivity index (χ1) is 7.07. The van der Waals surface area contributed by atoms with Gasteiger partial charge in [0.2, 0.25) is 0 Å². The normalized spacial score (nSPS) is 29.9. The molecule has 1 aliphatic heterocycles. The molecule has 1 aliphatic carbocycles. The SMILES string of the molecule is CC1=COC2C(C)=C(C=O)C(O)=C(C)C12. The monoisotopic (exact) mass is 206 g/mol. The Labute approximate surface area is 88.7 Å². The molecule has 0 fully saturated rings. The average Bonchev–Trinajstić information content (AvgIpc) is 2.58. The minimum atomic E-state index is -0.110. The van der Waals surface area contributed by atoms with Crippen molar-refractivity contribution in [2.75, 3.05) is 0 Å². The number of aliphatic hydroxyl groups excluding tert-OH is 1. The summed E-state index contributed by atoms with van der Waals surface area (Å²) in [5, 5.41) is 9.88. The van der Waals surface area contributed by atoms with E-state index in [1.807, 2.05) is 20.8 Å². The summed E-state index contributed by atoms with van der Waals surface area (Å²) in [6, 6.07) is 0. The second-order valence-corrected chi connectivity index (χ2v) is 4.14. The third kappa shape index (κ3) is 1.23.